The Morgan fingerprint density at radius 1 is 1.06 bits per heavy atom. The highest BCUT2D eigenvalue weighted by molar-refractivity contribution is 5.86. The van der Waals surface area contributed by atoms with Gasteiger partial charge in [0.2, 0.25) is 18.6 Å². The van der Waals surface area contributed by atoms with E-state index in [0.717, 1.165) is 31.2 Å². The molecule has 7 heteroatoms. The molecule has 166 valence electrons. The number of ether oxygens (including phenoxy) is 2. The lowest BCUT2D eigenvalue weighted by atomic mass is 10.1. The standard InChI is InChI=1S/C24H30N2O5/c1-17(2)26(24(28)19-6-3-4-7-19)15-23(27)25(14-20-8-5-11-29-20)13-18-9-10-21-22(12-18)31-16-30-21/h5,8-12,17,19H,3-4,6-7,13-16H2,1-2H3. The minimum atomic E-state index is -0.103. The zero-order valence-electron chi connectivity index (χ0n) is 18.2. The smallest absolute Gasteiger partial charge is 0.242 e. The second-order valence-corrected chi connectivity index (χ2v) is 8.56. The highest BCUT2D eigenvalue weighted by Crippen LogP contribution is 2.33. The van der Waals surface area contributed by atoms with Crippen LogP contribution in [0.15, 0.2) is 41.0 Å². The lowest BCUT2D eigenvalue weighted by Crippen LogP contribution is -2.47. The molecule has 1 aromatic carbocycles. The van der Waals surface area contributed by atoms with E-state index in [2.05, 4.69) is 0 Å². The van der Waals surface area contributed by atoms with Gasteiger partial charge in [0.05, 0.1) is 12.8 Å². The van der Waals surface area contributed by atoms with Gasteiger partial charge in [0, 0.05) is 18.5 Å². The van der Waals surface area contributed by atoms with Crippen molar-refractivity contribution in [2.75, 3.05) is 13.3 Å². The Balaban J connectivity index is 1.50. The first-order chi connectivity index (χ1) is 15.0. The van der Waals surface area contributed by atoms with Crippen LogP contribution < -0.4 is 9.47 Å². The molecule has 1 saturated carbocycles. The van der Waals surface area contributed by atoms with Crippen LogP contribution in [0.5, 0.6) is 11.5 Å². The number of hydrogen-bond donors (Lipinski definition) is 0. The summed E-state index contributed by atoms with van der Waals surface area (Å²) in [5.41, 5.74) is 0.933. The van der Waals surface area contributed by atoms with Crippen molar-refractivity contribution in [2.24, 2.45) is 5.92 Å². The summed E-state index contributed by atoms with van der Waals surface area (Å²) >= 11 is 0. The molecule has 1 aliphatic heterocycles. The van der Waals surface area contributed by atoms with Crippen molar-refractivity contribution in [2.45, 2.75) is 58.7 Å². The summed E-state index contributed by atoms with van der Waals surface area (Å²) < 4.78 is 16.3. The Labute approximate surface area is 182 Å². The van der Waals surface area contributed by atoms with Gasteiger partial charge in [-0.15, -0.1) is 0 Å². The second-order valence-electron chi connectivity index (χ2n) is 8.56. The molecule has 7 nitrogen and oxygen atoms in total. The maximum atomic E-state index is 13.4. The van der Waals surface area contributed by atoms with E-state index in [1.165, 1.54) is 0 Å². The summed E-state index contributed by atoms with van der Waals surface area (Å²) in [6.45, 7) is 4.94. The molecular weight excluding hydrogens is 396 g/mol. The molecule has 0 radical (unpaired) electrons. The maximum Gasteiger partial charge on any atom is 0.242 e. The second kappa shape index (κ2) is 9.45. The summed E-state index contributed by atoms with van der Waals surface area (Å²) in [7, 11) is 0. The number of carbonyl (C=O) groups is 2. The van der Waals surface area contributed by atoms with Gasteiger partial charge in [-0.25, -0.2) is 0 Å². The van der Waals surface area contributed by atoms with Gasteiger partial charge >= 0.3 is 0 Å². The number of rotatable bonds is 8. The Kier molecular flexibility index (Phi) is 6.49. The van der Waals surface area contributed by atoms with E-state index in [1.54, 1.807) is 16.1 Å². The topological polar surface area (TPSA) is 72.2 Å². The van der Waals surface area contributed by atoms with Crippen molar-refractivity contribution >= 4 is 11.8 Å². The molecule has 0 spiro atoms. The Hall–Kier alpha value is -2.96. The molecule has 0 unspecified atom stereocenters. The molecule has 0 saturated heterocycles. The lowest BCUT2D eigenvalue weighted by molar-refractivity contribution is -0.145. The molecule has 2 aliphatic rings. The lowest BCUT2D eigenvalue weighted by Gasteiger charge is -2.31. The fraction of sp³-hybridized carbons (Fsp3) is 0.500. The van der Waals surface area contributed by atoms with Gasteiger partial charge in [-0.1, -0.05) is 18.9 Å². The van der Waals surface area contributed by atoms with E-state index in [4.69, 9.17) is 13.9 Å². The van der Waals surface area contributed by atoms with E-state index in [-0.39, 0.29) is 37.1 Å². The van der Waals surface area contributed by atoms with Crippen LogP contribution in [0.1, 0.15) is 50.9 Å². The SMILES string of the molecule is CC(C)N(CC(=O)N(Cc1ccc2c(c1)OCO2)Cc1ccco1)C(=O)C1CCCC1. The Morgan fingerprint density at radius 2 is 1.84 bits per heavy atom. The third-order valence-corrected chi connectivity index (χ3v) is 6.01. The zero-order chi connectivity index (χ0) is 21.8. The molecule has 0 bridgehead atoms. The number of nitrogens with zero attached hydrogens (tertiary/aromatic N) is 2. The van der Waals surface area contributed by atoms with Crippen molar-refractivity contribution in [3.05, 3.63) is 47.9 Å². The van der Waals surface area contributed by atoms with E-state index in [9.17, 15) is 9.59 Å². The summed E-state index contributed by atoms with van der Waals surface area (Å²) in [4.78, 5) is 29.9. The molecule has 0 atom stereocenters. The monoisotopic (exact) mass is 426 g/mol. The molecule has 2 amide bonds. The summed E-state index contributed by atoms with van der Waals surface area (Å²) in [6, 6.07) is 9.31. The molecule has 0 N–H and O–H groups in total. The minimum absolute atomic E-state index is 0.0342. The van der Waals surface area contributed by atoms with Gasteiger partial charge in [0.15, 0.2) is 11.5 Å². The fourth-order valence-corrected chi connectivity index (χ4v) is 4.25. The molecule has 2 aromatic rings. The predicted molar refractivity (Wildman–Crippen MR) is 114 cm³/mol. The van der Waals surface area contributed by atoms with Gasteiger partial charge < -0.3 is 23.7 Å². The molecule has 2 heterocycles. The van der Waals surface area contributed by atoms with Gasteiger partial charge in [-0.3, -0.25) is 9.59 Å². The molecule has 4 rings (SSSR count). The zero-order valence-corrected chi connectivity index (χ0v) is 18.2. The Bertz CT molecular complexity index is 903. The van der Waals surface area contributed by atoms with Crippen LogP contribution in [-0.4, -0.2) is 41.0 Å². The van der Waals surface area contributed by atoms with Gasteiger partial charge in [0.1, 0.15) is 12.3 Å². The number of carbonyl (C=O) groups excluding carboxylic acids is 2. The summed E-state index contributed by atoms with van der Waals surface area (Å²) in [5.74, 6) is 2.13. The fourth-order valence-electron chi connectivity index (χ4n) is 4.25. The van der Waals surface area contributed by atoms with Gasteiger partial charge in [-0.2, -0.15) is 0 Å². The van der Waals surface area contributed by atoms with Crippen molar-refractivity contribution in [1.29, 1.82) is 0 Å². The van der Waals surface area contributed by atoms with Crippen LogP contribution in [0, 0.1) is 5.92 Å². The van der Waals surface area contributed by atoms with Crippen LogP contribution in [-0.2, 0) is 22.7 Å². The number of benzene rings is 1. The largest absolute Gasteiger partial charge is 0.467 e. The van der Waals surface area contributed by atoms with Crippen molar-refractivity contribution in [1.82, 2.24) is 9.80 Å². The van der Waals surface area contributed by atoms with Crippen LogP contribution >= 0.6 is 0 Å². The summed E-state index contributed by atoms with van der Waals surface area (Å²) in [5, 5.41) is 0. The van der Waals surface area contributed by atoms with Crippen molar-refractivity contribution in [3.8, 4) is 11.5 Å². The average molecular weight is 427 g/mol. The first-order valence-corrected chi connectivity index (χ1v) is 11.0. The van der Waals surface area contributed by atoms with Crippen LogP contribution in [0.25, 0.3) is 0 Å². The number of furan rings is 1. The molecule has 1 fully saturated rings. The van der Waals surface area contributed by atoms with Gasteiger partial charge in [-0.05, 0) is 56.5 Å². The predicted octanol–water partition coefficient (Wildman–Crippen LogP) is 3.96. The number of fused-ring (bicyclic) bond motifs is 1. The van der Waals surface area contributed by atoms with Crippen LogP contribution in [0.3, 0.4) is 0 Å². The normalized spacial score (nSPS) is 15.5. The van der Waals surface area contributed by atoms with Crippen molar-refractivity contribution in [3.63, 3.8) is 0 Å². The first kappa shape index (κ1) is 21.3. The Morgan fingerprint density at radius 3 is 2.55 bits per heavy atom. The third-order valence-electron chi connectivity index (χ3n) is 6.01. The first-order valence-electron chi connectivity index (χ1n) is 11.0. The quantitative estimate of drug-likeness (QED) is 0.639. The van der Waals surface area contributed by atoms with Crippen LogP contribution in [0.2, 0.25) is 0 Å². The molecule has 31 heavy (non-hydrogen) atoms. The van der Waals surface area contributed by atoms with E-state index in [1.807, 2.05) is 44.2 Å². The number of amides is 2. The van der Waals surface area contributed by atoms with E-state index < -0.39 is 0 Å². The molecule has 1 aromatic heterocycles. The summed E-state index contributed by atoms with van der Waals surface area (Å²) in [6.07, 6.45) is 5.62. The van der Waals surface area contributed by atoms with Crippen LogP contribution in [0.4, 0.5) is 0 Å². The van der Waals surface area contributed by atoms with E-state index >= 15 is 0 Å². The average Bonchev–Trinajstić information content (AvgIpc) is 3.53. The molecule has 1 aliphatic carbocycles. The maximum absolute atomic E-state index is 13.4. The van der Waals surface area contributed by atoms with E-state index in [0.29, 0.717) is 30.3 Å². The highest BCUT2D eigenvalue weighted by Gasteiger charge is 2.31. The highest BCUT2D eigenvalue weighted by atomic mass is 16.7. The third kappa shape index (κ3) is 5.03. The van der Waals surface area contributed by atoms with Crippen molar-refractivity contribution < 1.29 is 23.5 Å². The minimum Gasteiger partial charge on any atom is -0.467 e. The molecular formula is C24H30N2O5. The van der Waals surface area contributed by atoms with Gasteiger partial charge in [0.25, 0.3) is 0 Å². The number of hydrogen-bond acceptors (Lipinski definition) is 5.